The van der Waals surface area contributed by atoms with Gasteiger partial charge in [-0.1, -0.05) is 174 Å². The third-order valence-corrected chi connectivity index (χ3v) is 8.52. The van der Waals surface area contributed by atoms with Crippen LogP contribution in [0.25, 0.3) is 0 Å². The first kappa shape index (κ1) is 41.4. The van der Waals surface area contributed by atoms with E-state index in [0.717, 1.165) is 38.5 Å². The van der Waals surface area contributed by atoms with E-state index in [1.54, 1.807) is 0 Å². The number of aliphatic carboxylic acids is 1. The number of ether oxygens (including phenoxy) is 1. The maximum atomic E-state index is 12.6. The number of rotatable bonds is 34. The van der Waals surface area contributed by atoms with Crippen LogP contribution in [0, 0.1) is 0 Å². The Labute approximate surface area is 266 Å². The average Bonchev–Trinajstić information content (AvgIpc) is 2.99. The van der Waals surface area contributed by atoms with Gasteiger partial charge < -0.3 is 15.2 Å². The Morgan fingerprint density at radius 1 is 0.512 bits per heavy atom. The fraction of sp³-hybridized carbons (Fsp3) is 0.919. The molecule has 0 bridgehead atoms. The van der Waals surface area contributed by atoms with Gasteiger partial charge in [-0.25, -0.2) is 4.79 Å². The third-order valence-electron chi connectivity index (χ3n) is 8.52. The second-order valence-electron chi connectivity index (χ2n) is 12.8. The van der Waals surface area contributed by atoms with Crippen LogP contribution in [0.15, 0.2) is 0 Å². The zero-order valence-electron chi connectivity index (χ0n) is 28.6. The molecule has 0 rings (SSSR count). The van der Waals surface area contributed by atoms with E-state index >= 15 is 0 Å². The number of hydrogen-bond acceptors (Lipinski definition) is 4. The molecule has 0 heterocycles. The van der Waals surface area contributed by atoms with Crippen molar-refractivity contribution in [2.24, 2.45) is 0 Å². The number of carbonyl (C=O) groups is 3. The average molecular weight is 610 g/mol. The van der Waals surface area contributed by atoms with Crippen molar-refractivity contribution in [1.29, 1.82) is 0 Å². The summed E-state index contributed by atoms with van der Waals surface area (Å²) in [6, 6.07) is -0.877. The van der Waals surface area contributed by atoms with Gasteiger partial charge in [0.05, 0.1) is 6.61 Å². The van der Waals surface area contributed by atoms with Crippen molar-refractivity contribution in [2.45, 2.75) is 213 Å². The van der Waals surface area contributed by atoms with E-state index in [0.29, 0.717) is 13.0 Å². The highest BCUT2D eigenvalue weighted by Gasteiger charge is 2.23. The molecule has 254 valence electrons. The molecule has 43 heavy (non-hydrogen) atoms. The van der Waals surface area contributed by atoms with Gasteiger partial charge in [-0.3, -0.25) is 9.59 Å². The van der Waals surface area contributed by atoms with Gasteiger partial charge in [0.1, 0.15) is 6.04 Å². The summed E-state index contributed by atoms with van der Waals surface area (Å²) >= 11 is 0. The van der Waals surface area contributed by atoms with Crippen LogP contribution in [0.4, 0.5) is 0 Å². The topological polar surface area (TPSA) is 92.7 Å². The molecule has 0 aromatic heterocycles. The predicted octanol–water partition coefficient (Wildman–Crippen LogP) is 10.8. The van der Waals surface area contributed by atoms with E-state index in [4.69, 9.17) is 9.84 Å². The molecule has 0 radical (unpaired) electrons. The minimum absolute atomic E-state index is 0.0663. The molecule has 0 aliphatic carbocycles. The Balaban J connectivity index is 3.77. The van der Waals surface area contributed by atoms with Gasteiger partial charge in [-0.15, -0.1) is 0 Å². The largest absolute Gasteiger partial charge is 0.481 e. The molecule has 0 aliphatic rings. The van der Waals surface area contributed by atoms with Gasteiger partial charge in [0.25, 0.3) is 0 Å². The van der Waals surface area contributed by atoms with Gasteiger partial charge in [0, 0.05) is 12.8 Å². The lowest BCUT2D eigenvalue weighted by atomic mass is 10.0. The van der Waals surface area contributed by atoms with Gasteiger partial charge in [0.15, 0.2) is 0 Å². The van der Waals surface area contributed by atoms with Crippen molar-refractivity contribution < 1.29 is 24.2 Å². The van der Waals surface area contributed by atoms with E-state index in [9.17, 15) is 14.4 Å². The Bertz CT molecular complexity index is 638. The molecule has 0 saturated carbocycles. The van der Waals surface area contributed by atoms with E-state index in [1.807, 2.05) is 0 Å². The fourth-order valence-electron chi connectivity index (χ4n) is 5.66. The zero-order chi connectivity index (χ0) is 31.6. The van der Waals surface area contributed by atoms with E-state index in [-0.39, 0.29) is 18.7 Å². The van der Waals surface area contributed by atoms with Crippen molar-refractivity contribution in [3.8, 4) is 0 Å². The highest BCUT2D eigenvalue weighted by molar-refractivity contribution is 5.84. The maximum absolute atomic E-state index is 12.6. The molecule has 0 unspecified atom stereocenters. The number of carbonyl (C=O) groups excluding carboxylic acids is 2. The molecule has 0 spiro atoms. The minimum atomic E-state index is -0.977. The summed E-state index contributed by atoms with van der Waals surface area (Å²) in [5.41, 5.74) is 0. The lowest BCUT2D eigenvalue weighted by Gasteiger charge is -2.17. The molecule has 0 aromatic carbocycles. The third kappa shape index (κ3) is 31.6. The number of amides is 1. The Morgan fingerprint density at radius 2 is 0.860 bits per heavy atom. The predicted molar refractivity (Wildman–Crippen MR) is 180 cm³/mol. The summed E-state index contributed by atoms with van der Waals surface area (Å²) in [6.07, 6.45) is 34.4. The first-order valence-corrected chi connectivity index (χ1v) is 18.7. The molecule has 6 heteroatoms. The summed E-state index contributed by atoms with van der Waals surface area (Å²) in [7, 11) is 0. The van der Waals surface area contributed by atoms with Crippen LogP contribution in [0.3, 0.4) is 0 Å². The monoisotopic (exact) mass is 610 g/mol. The number of carboxylic acids is 1. The lowest BCUT2D eigenvalue weighted by molar-refractivity contribution is -0.148. The number of hydrogen-bond donors (Lipinski definition) is 2. The Kier molecular flexibility index (Phi) is 32.1. The van der Waals surface area contributed by atoms with Gasteiger partial charge >= 0.3 is 11.9 Å². The van der Waals surface area contributed by atoms with Crippen molar-refractivity contribution in [3.63, 3.8) is 0 Å². The highest BCUT2D eigenvalue weighted by Crippen LogP contribution is 2.15. The molecular weight excluding hydrogens is 538 g/mol. The number of unbranched alkanes of at least 4 members (excludes halogenated alkanes) is 25. The summed E-state index contributed by atoms with van der Waals surface area (Å²) in [5, 5.41) is 11.8. The van der Waals surface area contributed by atoms with Crippen LogP contribution in [0.5, 0.6) is 0 Å². The summed E-state index contributed by atoms with van der Waals surface area (Å²) in [4.78, 5) is 36.0. The molecule has 1 amide bonds. The van der Waals surface area contributed by atoms with Crippen molar-refractivity contribution in [2.75, 3.05) is 6.61 Å². The second-order valence-corrected chi connectivity index (χ2v) is 12.8. The smallest absolute Gasteiger partial charge is 0.328 e. The van der Waals surface area contributed by atoms with Crippen LogP contribution in [-0.4, -0.2) is 35.6 Å². The standard InChI is InChI=1S/C37H71NO5/c1-3-5-7-9-11-13-14-15-16-17-18-19-20-21-23-25-27-29-33-43-37(42)34(31-32-36(40)41)38-35(39)30-28-26-24-22-12-10-8-6-4-2/h34H,3-33H2,1-2H3,(H,38,39)(H,40,41)/t34-/m0/s1. The SMILES string of the molecule is CCCCCCCCCCCCCCCCCCCCOC(=O)[C@H](CCC(=O)O)NC(=O)CCCCCCCCCCC. The highest BCUT2D eigenvalue weighted by atomic mass is 16.5. The summed E-state index contributed by atoms with van der Waals surface area (Å²) in [5.74, 6) is -1.67. The van der Waals surface area contributed by atoms with Crippen LogP contribution >= 0.6 is 0 Å². The van der Waals surface area contributed by atoms with Crippen LogP contribution in [0.1, 0.15) is 206 Å². The number of carboxylic acid groups (broad SMARTS) is 1. The molecular formula is C37H71NO5. The Hall–Kier alpha value is -1.59. The maximum Gasteiger partial charge on any atom is 0.328 e. The second kappa shape index (κ2) is 33.3. The van der Waals surface area contributed by atoms with E-state index in [2.05, 4.69) is 19.2 Å². The van der Waals surface area contributed by atoms with Crippen LogP contribution in [0.2, 0.25) is 0 Å². The van der Waals surface area contributed by atoms with Crippen molar-refractivity contribution in [3.05, 3.63) is 0 Å². The van der Waals surface area contributed by atoms with Crippen LogP contribution < -0.4 is 5.32 Å². The Morgan fingerprint density at radius 3 is 1.23 bits per heavy atom. The summed E-state index contributed by atoms with van der Waals surface area (Å²) < 4.78 is 5.42. The first-order valence-electron chi connectivity index (χ1n) is 18.7. The van der Waals surface area contributed by atoms with Gasteiger partial charge in [-0.2, -0.15) is 0 Å². The molecule has 2 N–H and O–H groups in total. The van der Waals surface area contributed by atoms with Crippen LogP contribution in [-0.2, 0) is 19.1 Å². The lowest BCUT2D eigenvalue weighted by Crippen LogP contribution is -2.42. The molecule has 1 atom stereocenters. The molecule has 0 saturated heterocycles. The van der Waals surface area contributed by atoms with E-state index in [1.165, 1.54) is 135 Å². The molecule has 0 fully saturated rings. The van der Waals surface area contributed by atoms with Gasteiger partial charge in [0.2, 0.25) is 5.91 Å². The minimum Gasteiger partial charge on any atom is -0.481 e. The number of nitrogens with one attached hydrogen (secondary N) is 1. The first-order chi connectivity index (χ1) is 21.0. The zero-order valence-corrected chi connectivity index (χ0v) is 28.6. The van der Waals surface area contributed by atoms with Crippen molar-refractivity contribution in [1.82, 2.24) is 5.32 Å². The van der Waals surface area contributed by atoms with E-state index < -0.39 is 18.0 Å². The normalized spacial score (nSPS) is 11.9. The fourth-order valence-corrected chi connectivity index (χ4v) is 5.66. The van der Waals surface area contributed by atoms with Gasteiger partial charge in [-0.05, 0) is 19.3 Å². The molecule has 0 aromatic rings. The summed E-state index contributed by atoms with van der Waals surface area (Å²) in [6.45, 7) is 4.83. The molecule has 0 aliphatic heterocycles. The number of esters is 1. The quantitative estimate of drug-likeness (QED) is 0.0559. The molecule has 6 nitrogen and oxygen atoms in total. The van der Waals surface area contributed by atoms with Crippen molar-refractivity contribution >= 4 is 17.8 Å².